The van der Waals surface area contributed by atoms with Crippen LogP contribution in [-0.2, 0) is 10.3 Å². The second-order valence-electron chi connectivity index (χ2n) is 8.60. The number of nitrogens with one attached hydrogen (secondary N) is 1. The first-order valence-electron chi connectivity index (χ1n) is 11.7. The molecule has 2 rings (SSSR count). The summed E-state index contributed by atoms with van der Waals surface area (Å²) < 4.78 is 12.2. The number of rotatable bonds is 16. The molecule has 0 heterocycles. The molecule has 0 saturated heterocycles. The molecular formula is C27H41NO2. The zero-order valence-electron chi connectivity index (χ0n) is 19.2. The maximum absolute atomic E-state index is 6.21. The number of ether oxygens (including phenoxy) is 2. The smallest absolute Gasteiger partial charge is 0.122 e. The second-order valence-corrected chi connectivity index (χ2v) is 8.60. The summed E-state index contributed by atoms with van der Waals surface area (Å²) in [5, 5.41) is 3.60. The predicted octanol–water partition coefficient (Wildman–Crippen LogP) is 6.73. The minimum absolute atomic E-state index is 0.0664. The Kier molecular flexibility index (Phi) is 11.6. The number of hydrogen-bond donors (Lipinski definition) is 1. The molecule has 30 heavy (non-hydrogen) atoms. The third kappa shape index (κ3) is 9.77. The molecule has 3 heteroatoms. The van der Waals surface area contributed by atoms with Crippen LogP contribution in [0.5, 0.6) is 5.75 Å². The van der Waals surface area contributed by atoms with Crippen LogP contribution in [0.4, 0.5) is 0 Å². The van der Waals surface area contributed by atoms with Gasteiger partial charge in [0.25, 0.3) is 0 Å². The fourth-order valence-electron chi connectivity index (χ4n) is 3.63. The van der Waals surface area contributed by atoms with Gasteiger partial charge in [-0.05, 0) is 44.4 Å². The van der Waals surface area contributed by atoms with Crippen molar-refractivity contribution in [2.75, 3.05) is 19.8 Å². The summed E-state index contributed by atoms with van der Waals surface area (Å²) in [6, 6.07) is 20.7. The van der Waals surface area contributed by atoms with E-state index in [1.165, 1.54) is 44.1 Å². The van der Waals surface area contributed by atoms with Crippen molar-refractivity contribution >= 4 is 0 Å². The van der Waals surface area contributed by atoms with Crippen molar-refractivity contribution in [3.8, 4) is 5.75 Å². The molecule has 0 saturated carbocycles. The second kappa shape index (κ2) is 14.2. The average molecular weight is 412 g/mol. The van der Waals surface area contributed by atoms with Gasteiger partial charge in [-0.3, -0.25) is 0 Å². The number of benzene rings is 2. The number of para-hydroxylation sites is 1. The highest BCUT2D eigenvalue weighted by molar-refractivity contribution is 5.22. The molecule has 0 aliphatic rings. The quantitative estimate of drug-likeness (QED) is 0.311. The van der Waals surface area contributed by atoms with Crippen molar-refractivity contribution in [3.05, 3.63) is 66.2 Å². The van der Waals surface area contributed by atoms with Gasteiger partial charge in [-0.15, -0.1) is 0 Å². The Hall–Kier alpha value is -1.84. The molecule has 1 N–H and O–H groups in total. The van der Waals surface area contributed by atoms with Crippen LogP contribution >= 0.6 is 0 Å². The zero-order chi connectivity index (χ0) is 21.5. The van der Waals surface area contributed by atoms with E-state index in [-0.39, 0.29) is 11.6 Å². The van der Waals surface area contributed by atoms with E-state index in [4.69, 9.17) is 9.47 Å². The summed E-state index contributed by atoms with van der Waals surface area (Å²) >= 11 is 0. The largest absolute Gasteiger partial charge is 0.488 e. The molecule has 1 atom stereocenters. The van der Waals surface area contributed by atoms with Gasteiger partial charge in [-0.2, -0.15) is 0 Å². The van der Waals surface area contributed by atoms with Crippen molar-refractivity contribution in [2.24, 2.45) is 0 Å². The lowest BCUT2D eigenvalue weighted by molar-refractivity contribution is 0.0440. The van der Waals surface area contributed by atoms with Crippen LogP contribution in [0.3, 0.4) is 0 Å². The van der Waals surface area contributed by atoms with Crippen LogP contribution in [0.25, 0.3) is 0 Å². The molecular weight excluding hydrogens is 370 g/mol. The molecule has 0 radical (unpaired) electrons. The lowest BCUT2D eigenvalue weighted by Gasteiger charge is -2.27. The molecule has 0 aromatic heterocycles. The average Bonchev–Trinajstić information content (AvgIpc) is 2.77. The van der Waals surface area contributed by atoms with E-state index in [9.17, 15) is 0 Å². The van der Waals surface area contributed by atoms with Crippen molar-refractivity contribution < 1.29 is 9.47 Å². The van der Waals surface area contributed by atoms with Crippen LogP contribution in [0.1, 0.15) is 71.3 Å². The van der Waals surface area contributed by atoms with E-state index >= 15 is 0 Å². The lowest BCUT2D eigenvalue weighted by Crippen LogP contribution is -2.39. The fourth-order valence-corrected chi connectivity index (χ4v) is 3.63. The first-order chi connectivity index (χ1) is 14.6. The van der Waals surface area contributed by atoms with Gasteiger partial charge in [0.1, 0.15) is 11.9 Å². The molecule has 0 aliphatic carbocycles. The van der Waals surface area contributed by atoms with E-state index in [2.05, 4.69) is 56.4 Å². The highest BCUT2D eigenvalue weighted by Crippen LogP contribution is 2.19. The SMILES string of the molecule is CCCCCCCCC(COCCNC(C)(C)c1ccccc1)Oc1ccccc1. The first-order valence-corrected chi connectivity index (χ1v) is 11.7. The van der Waals surface area contributed by atoms with E-state index in [0.29, 0.717) is 13.2 Å². The van der Waals surface area contributed by atoms with Gasteiger partial charge in [0, 0.05) is 12.1 Å². The zero-order valence-corrected chi connectivity index (χ0v) is 19.2. The van der Waals surface area contributed by atoms with Crippen LogP contribution in [0.2, 0.25) is 0 Å². The summed E-state index contributed by atoms with van der Waals surface area (Å²) in [5.41, 5.74) is 1.22. The third-order valence-corrected chi connectivity index (χ3v) is 5.54. The molecule has 2 aromatic carbocycles. The van der Waals surface area contributed by atoms with Crippen molar-refractivity contribution in [1.29, 1.82) is 0 Å². The van der Waals surface area contributed by atoms with E-state index in [1.54, 1.807) is 0 Å². The molecule has 3 nitrogen and oxygen atoms in total. The topological polar surface area (TPSA) is 30.5 Å². The Labute approximate surface area is 184 Å². The summed E-state index contributed by atoms with van der Waals surface area (Å²) in [5.74, 6) is 0.931. The standard InChI is InChI=1S/C27H41NO2/c1-4-5-6-7-8-13-20-26(30-25-18-14-10-15-19-25)23-29-22-21-28-27(2,3)24-16-11-9-12-17-24/h9-12,14-19,26,28H,4-8,13,20-23H2,1-3H3. The normalized spacial score (nSPS) is 12.6. The molecule has 0 spiro atoms. The van der Waals surface area contributed by atoms with Gasteiger partial charge < -0.3 is 14.8 Å². The predicted molar refractivity (Wildman–Crippen MR) is 127 cm³/mol. The van der Waals surface area contributed by atoms with E-state index < -0.39 is 0 Å². The molecule has 0 amide bonds. The fraction of sp³-hybridized carbons (Fsp3) is 0.556. The monoisotopic (exact) mass is 411 g/mol. The van der Waals surface area contributed by atoms with Crippen LogP contribution in [0, 0.1) is 0 Å². The molecule has 0 aliphatic heterocycles. The number of hydrogen-bond acceptors (Lipinski definition) is 3. The molecule has 0 bridgehead atoms. The summed E-state index contributed by atoms with van der Waals surface area (Å²) in [7, 11) is 0. The van der Waals surface area contributed by atoms with Crippen molar-refractivity contribution in [1.82, 2.24) is 5.32 Å². The highest BCUT2D eigenvalue weighted by Gasteiger charge is 2.19. The van der Waals surface area contributed by atoms with Crippen LogP contribution in [-0.4, -0.2) is 25.9 Å². The Morgan fingerprint density at radius 1 is 0.833 bits per heavy atom. The minimum Gasteiger partial charge on any atom is -0.488 e. The van der Waals surface area contributed by atoms with E-state index in [1.807, 2.05) is 30.3 Å². The van der Waals surface area contributed by atoms with Crippen molar-refractivity contribution in [2.45, 2.75) is 77.4 Å². The third-order valence-electron chi connectivity index (χ3n) is 5.54. The van der Waals surface area contributed by atoms with E-state index in [0.717, 1.165) is 18.7 Å². The Morgan fingerprint density at radius 2 is 1.47 bits per heavy atom. The van der Waals surface area contributed by atoms with Gasteiger partial charge >= 0.3 is 0 Å². The Morgan fingerprint density at radius 3 is 2.17 bits per heavy atom. The Balaban J connectivity index is 1.71. The lowest BCUT2D eigenvalue weighted by atomic mass is 9.94. The molecule has 0 fully saturated rings. The Bertz CT molecular complexity index is 657. The van der Waals surface area contributed by atoms with Gasteiger partial charge in [0.15, 0.2) is 0 Å². The van der Waals surface area contributed by atoms with Gasteiger partial charge in [0.2, 0.25) is 0 Å². The van der Waals surface area contributed by atoms with Gasteiger partial charge in [-0.1, -0.05) is 87.6 Å². The van der Waals surface area contributed by atoms with Crippen molar-refractivity contribution in [3.63, 3.8) is 0 Å². The summed E-state index contributed by atoms with van der Waals surface area (Å²) in [6.45, 7) is 8.82. The summed E-state index contributed by atoms with van der Waals surface area (Å²) in [6.07, 6.45) is 8.95. The molecule has 2 aromatic rings. The minimum atomic E-state index is -0.0664. The summed E-state index contributed by atoms with van der Waals surface area (Å²) in [4.78, 5) is 0. The molecule has 1 unspecified atom stereocenters. The maximum Gasteiger partial charge on any atom is 0.122 e. The van der Waals surface area contributed by atoms with Crippen LogP contribution < -0.4 is 10.1 Å². The van der Waals surface area contributed by atoms with Crippen LogP contribution in [0.15, 0.2) is 60.7 Å². The molecule has 166 valence electrons. The van der Waals surface area contributed by atoms with Gasteiger partial charge in [0.05, 0.1) is 13.2 Å². The highest BCUT2D eigenvalue weighted by atomic mass is 16.5. The number of unbranched alkanes of at least 4 members (excludes halogenated alkanes) is 5. The first kappa shape index (κ1) is 24.4. The van der Waals surface area contributed by atoms with Gasteiger partial charge in [-0.25, -0.2) is 0 Å². The maximum atomic E-state index is 6.21.